The topological polar surface area (TPSA) is 27.5 Å². The van der Waals surface area contributed by atoms with E-state index in [0.717, 1.165) is 0 Å². The van der Waals surface area contributed by atoms with Crippen LogP contribution in [-0.2, 0) is 0 Å². The van der Waals surface area contributed by atoms with Crippen LogP contribution in [-0.4, -0.2) is 12.1 Å². The van der Waals surface area contributed by atoms with Crippen LogP contribution in [0.3, 0.4) is 0 Å². The van der Waals surface area contributed by atoms with E-state index in [0.29, 0.717) is 17.1 Å². The molecule has 2 fully saturated rings. The second kappa shape index (κ2) is 2.51. The number of hydrogen-bond donors (Lipinski definition) is 1. The van der Waals surface area contributed by atoms with Gasteiger partial charge in [-0.25, -0.2) is 0 Å². The molecule has 0 amide bonds. The highest BCUT2D eigenvalue weighted by molar-refractivity contribution is 4.74. The first-order chi connectivity index (χ1) is 4.88. The van der Waals surface area contributed by atoms with Gasteiger partial charge in [-0.15, -0.1) is 0 Å². The third-order valence-electron chi connectivity index (χ3n) is 3.02. The Morgan fingerprint density at radius 1 is 0.900 bits per heavy atom. The van der Waals surface area contributed by atoms with Gasteiger partial charge < -0.3 is 10.3 Å². The van der Waals surface area contributed by atoms with Crippen molar-refractivity contribution >= 4 is 0 Å². The van der Waals surface area contributed by atoms with Gasteiger partial charge in [0.15, 0.2) is 0 Å². The second-order valence-corrected chi connectivity index (χ2v) is 3.66. The van der Waals surface area contributed by atoms with Crippen LogP contribution >= 0.6 is 0 Å². The lowest BCUT2D eigenvalue weighted by Crippen LogP contribution is -3.16. The normalized spacial score (nSPS) is 47.1. The Balaban J connectivity index is 2.05. The van der Waals surface area contributed by atoms with Crippen LogP contribution in [0.4, 0.5) is 0 Å². The number of quaternary nitrogens is 1. The van der Waals surface area contributed by atoms with Crippen molar-refractivity contribution in [3.63, 3.8) is 0 Å². The molecule has 2 bridgehead atoms. The van der Waals surface area contributed by atoms with Gasteiger partial charge in [0.1, 0.15) is 0 Å². The summed E-state index contributed by atoms with van der Waals surface area (Å²) < 4.78 is 0. The molecule has 10 heavy (non-hydrogen) atoms. The first kappa shape index (κ1) is 6.62. The van der Waals surface area contributed by atoms with Crippen molar-refractivity contribution in [2.45, 2.75) is 50.6 Å². The molecule has 2 saturated heterocycles. The van der Waals surface area contributed by atoms with Gasteiger partial charge in [-0.3, -0.25) is 0 Å². The summed E-state index contributed by atoms with van der Waals surface area (Å²) in [6.07, 6.45) is 7.37. The van der Waals surface area contributed by atoms with Crippen LogP contribution in [0.15, 0.2) is 0 Å². The molecule has 0 unspecified atom stereocenters. The number of fused-ring (bicyclic) bond motifs is 2. The highest BCUT2D eigenvalue weighted by Crippen LogP contribution is 2.20. The van der Waals surface area contributed by atoms with E-state index in [9.17, 15) is 5.21 Å². The number of piperidine rings is 2. The molecule has 0 aromatic carbocycles. The Kier molecular flexibility index (Phi) is 1.66. The summed E-state index contributed by atoms with van der Waals surface area (Å²) >= 11 is 0. The SMILES string of the molecule is [O-][NH+]1C2CCCC1CCC2. The Morgan fingerprint density at radius 3 is 1.60 bits per heavy atom. The third kappa shape index (κ3) is 0.956. The standard InChI is InChI=1S/C8H15NO/c10-9-7-3-1-4-8(9)6-2-5-7/h7-9H,1-6H2. The predicted molar refractivity (Wildman–Crippen MR) is 39.6 cm³/mol. The average molecular weight is 141 g/mol. The number of hydroxylamine groups is 2. The summed E-state index contributed by atoms with van der Waals surface area (Å²) in [6.45, 7) is 0. The van der Waals surface area contributed by atoms with E-state index in [-0.39, 0.29) is 0 Å². The predicted octanol–water partition coefficient (Wildman–Crippen LogP) is 0.474. The maximum atomic E-state index is 11.4. The number of rotatable bonds is 0. The lowest BCUT2D eigenvalue weighted by Gasteiger charge is -2.45. The molecule has 0 atom stereocenters. The van der Waals surface area contributed by atoms with Crippen molar-refractivity contribution < 1.29 is 5.06 Å². The molecule has 2 heterocycles. The first-order valence-electron chi connectivity index (χ1n) is 4.41. The largest absolute Gasteiger partial charge is 0.634 e. The maximum Gasteiger partial charge on any atom is 0.0873 e. The molecule has 0 aromatic heterocycles. The van der Waals surface area contributed by atoms with Crippen LogP contribution in [0, 0.1) is 5.21 Å². The van der Waals surface area contributed by atoms with Crippen molar-refractivity contribution in [2.75, 3.05) is 0 Å². The molecule has 0 radical (unpaired) electrons. The summed E-state index contributed by atoms with van der Waals surface area (Å²) in [7, 11) is 0. The third-order valence-corrected chi connectivity index (χ3v) is 3.02. The van der Waals surface area contributed by atoms with Gasteiger partial charge in [0.05, 0.1) is 12.1 Å². The fourth-order valence-corrected chi connectivity index (χ4v) is 2.41. The smallest absolute Gasteiger partial charge is 0.0873 e. The summed E-state index contributed by atoms with van der Waals surface area (Å²) in [5.74, 6) is 0. The van der Waals surface area contributed by atoms with E-state index in [2.05, 4.69) is 0 Å². The van der Waals surface area contributed by atoms with E-state index >= 15 is 0 Å². The summed E-state index contributed by atoms with van der Waals surface area (Å²) in [5, 5.41) is 12.0. The minimum absolute atomic E-state index is 0.479. The Labute approximate surface area is 61.8 Å². The lowest BCUT2D eigenvalue weighted by atomic mass is 9.86. The van der Waals surface area contributed by atoms with Crippen molar-refractivity contribution in [3.05, 3.63) is 5.21 Å². The van der Waals surface area contributed by atoms with E-state index in [1.165, 1.54) is 38.5 Å². The van der Waals surface area contributed by atoms with Crippen LogP contribution in [0.5, 0.6) is 0 Å². The van der Waals surface area contributed by atoms with E-state index < -0.39 is 0 Å². The van der Waals surface area contributed by atoms with Gasteiger partial charge in [0, 0.05) is 0 Å². The molecule has 0 saturated carbocycles. The maximum absolute atomic E-state index is 11.4. The zero-order valence-electron chi connectivity index (χ0n) is 6.31. The summed E-state index contributed by atoms with van der Waals surface area (Å²) in [5.41, 5.74) is 0. The van der Waals surface area contributed by atoms with Gasteiger partial charge in [-0.05, 0) is 38.5 Å². The molecule has 2 nitrogen and oxygen atoms in total. The molecule has 0 spiro atoms. The van der Waals surface area contributed by atoms with Gasteiger partial charge in [0.2, 0.25) is 0 Å². The van der Waals surface area contributed by atoms with E-state index in [1.807, 2.05) is 0 Å². The van der Waals surface area contributed by atoms with Crippen LogP contribution in [0.2, 0.25) is 0 Å². The molecule has 2 heteroatoms. The minimum atomic E-state index is 0.479. The van der Waals surface area contributed by atoms with Crippen molar-refractivity contribution in [2.24, 2.45) is 0 Å². The van der Waals surface area contributed by atoms with Gasteiger partial charge in [-0.1, -0.05) is 0 Å². The molecule has 2 rings (SSSR count). The Bertz CT molecular complexity index is 104. The Hall–Kier alpha value is -0.0800. The fourth-order valence-electron chi connectivity index (χ4n) is 2.41. The summed E-state index contributed by atoms with van der Waals surface area (Å²) in [4.78, 5) is 0. The summed E-state index contributed by atoms with van der Waals surface area (Å²) in [6, 6.07) is 0.958. The minimum Gasteiger partial charge on any atom is -0.634 e. The zero-order chi connectivity index (χ0) is 6.97. The van der Waals surface area contributed by atoms with Crippen LogP contribution < -0.4 is 5.06 Å². The number of hydrogen-bond acceptors (Lipinski definition) is 1. The van der Waals surface area contributed by atoms with Gasteiger partial charge in [0.25, 0.3) is 0 Å². The first-order valence-corrected chi connectivity index (χ1v) is 4.41. The quantitative estimate of drug-likeness (QED) is 0.488. The zero-order valence-corrected chi connectivity index (χ0v) is 6.31. The van der Waals surface area contributed by atoms with Gasteiger partial charge in [-0.2, -0.15) is 0 Å². The highest BCUT2D eigenvalue weighted by Gasteiger charge is 2.32. The van der Waals surface area contributed by atoms with E-state index in [4.69, 9.17) is 0 Å². The molecular formula is C8H15NO. The van der Waals surface area contributed by atoms with Gasteiger partial charge >= 0.3 is 0 Å². The highest BCUT2D eigenvalue weighted by atomic mass is 16.5. The molecule has 2 aliphatic rings. The molecule has 58 valence electrons. The average Bonchev–Trinajstić information content (AvgIpc) is 1.86. The van der Waals surface area contributed by atoms with E-state index in [1.54, 1.807) is 0 Å². The van der Waals surface area contributed by atoms with Crippen molar-refractivity contribution in [3.8, 4) is 0 Å². The molecular weight excluding hydrogens is 126 g/mol. The van der Waals surface area contributed by atoms with Crippen molar-refractivity contribution in [1.82, 2.24) is 0 Å². The molecule has 1 N–H and O–H groups in total. The lowest BCUT2D eigenvalue weighted by molar-refractivity contribution is -0.913. The number of nitrogens with one attached hydrogen (secondary N) is 1. The monoisotopic (exact) mass is 141 g/mol. The fraction of sp³-hybridized carbons (Fsp3) is 1.00. The van der Waals surface area contributed by atoms with Crippen LogP contribution in [0.1, 0.15) is 38.5 Å². The van der Waals surface area contributed by atoms with Crippen LogP contribution in [0.25, 0.3) is 0 Å². The Morgan fingerprint density at radius 2 is 1.30 bits per heavy atom. The molecule has 0 aliphatic carbocycles. The molecule has 2 aliphatic heterocycles. The second-order valence-electron chi connectivity index (χ2n) is 3.66. The van der Waals surface area contributed by atoms with Crippen molar-refractivity contribution in [1.29, 1.82) is 0 Å². The molecule has 0 aromatic rings.